The van der Waals surface area contributed by atoms with Crippen LogP contribution in [0.3, 0.4) is 0 Å². The Balaban J connectivity index is 1.11. The maximum absolute atomic E-state index is 13.4. The highest BCUT2D eigenvalue weighted by molar-refractivity contribution is 7.15. The molecule has 0 atom stereocenters. The second kappa shape index (κ2) is 6.43. The maximum atomic E-state index is 13.4. The van der Waals surface area contributed by atoms with Gasteiger partial charge >= 0.3 is 0 Å². The number of thiazole rings is 1. The van der Waals surface area contributed by atoms with Gasteiger partial charge in [0.1, 0.15) is 17.3 Å². The number of halogens is 2. The van der Waals surface area contributed by atoms with Gasteiger partial charge in [0.2, 0.25) is 0 Å². The van der Waals surface area contributed by atoms with Gasteiger partial charge in [-0.3, -0.25) is 14.0 Å². The molecule has 6 rings (SSSR count). The van der Waals surface area contributed by atoms with Gasteiger partial charge in [-0.25, -0.2) is 9.37 Å². The summed E-state index contributed by atoms with van der Waals surface area (Å²) in [6.45, 7) is -0.215. The Bertz CT molecular complexity index is 1100. The smallest absolute Gasteiger partial charge is 0.271 e. The molecular formula is C19H16ClFN4O3S. The van der Waals surface area contributed by atoms with E-state index in [9.17, 15) is 14.0 Å². The van der Waals surface area contributed by atoms with Crippen molar-refractivity contribution in [3.05, 3.63) is 52.5 Å². The Kier molecular flexibility index (Phi) is 4.08. The van der Waals surface area contributed by atoms with Crippen LogP contribution >= 0.6 is 22.9 Å². The molecule has 3 aliphatic rings. The fraction of sp³-hybridized carbons (Fsp3) is 0.316. The third kappa shape index (κ3) is 3.24. The molecule has 3 fully saturated rings. The highest BCUT2D eigenvalue weighted by Gasteiger charge is 2.69. The fourth-order valence-electron chi connectivity index (χ4n) is 4.24. The first-order valence-electron chi connectivity index (χ1n) is 8.99. The number of hydrogen-bond donors (Lipinski definition) is 2. The van der Waals surface area contributed by atoms with Crippen LogP contribution in [0.2, 0.25) is 5.02 Å². The van der Waals surface area contributed by atoms with Gasteiger partial charge < -0.3 is 15.4 Å². The molecule has 0 unspecified atom stereocenters. The summed E-state index contributed by atoms with van der Waals surface area (Å²) in [5.41, 5.74) is -0.182. The zero-order valence-corrected chi connectivity index (χ0v) is 16.6. The maximum Gasteiger partial charge on any atom is 0.271 e. The van der Waals surface area contributed by atoms with E-state index in [0.717, 1.165) is 11.0 Å². The van der Waals surface area contributed by atoms with Crippen LogP contribution in [-0.4, -0.2) is 38.9 Å². The summed E-state index contributed by atoms with van der Waals surface area (Å²) >= 11 is 7.09. The molecule has 0 spiro atoms. The van der Waals surface area contributed by atoms with Crippen LogP contribution in [0.5, 0.6) is 5.75 Å². The lowest BCUT2D eigenvalue weighted by atomic mass is 9.44. The molecule has 2 aromatic heterocycles. The van der Waals surface area contributed by atoms with Crippen LogP contribution in [-0.2, 0) is 4.79 Å². The van der Waals surface area contributed by atoms with Crippen molar-refractivity contribution in [3.8, 4) is 5.75 Å². The highest BCUT2D eigenvalue weighted by Crippen LogP contribution is 2.60. The normalized spacial score (nSPS) is 24.5. The molecule has 0 aliphatic heterocycles. The summed E-state index contributed by atoms with van der Waals surface area (Å²) in [6, 6.07) is 4.02. The Morgan fingerprint density at radius 2 is 2.03 bits per heavy atom. The largest absolute Gasteiger partial charge is 0.484 e. The number of fused-ring (bicyclic) bond motifs is 1. The molecule has 2 heterocycles. The Morgan fingerprint density at radius 1 is 1.28 bits per heavy atom. The summed E-state index contributed by atoms with van der Waals surface area (Å²) < 4.78 is 20.5. The number of rotatable bonds is 6. The first-order chi connectivity index (χ1) is 13.9. The SMILES string of the molecule is O=C(COc1ccc(Cl)c(F)c1)NC12CC(NC(=O)c3cn4ccsc4n3)(C1)C2. The van der Waals surface area contributed by atoms with E-state index in [1.807, 2.05) is 16.0 Å². The lowest BCUT2D eigenvalue weighted by Crippen LogP contribution is -2.84. The van der Waals surface area contributed by atoms with Gasteiger partial charge in [0, 0.05) is 34.9 Å². The number of benzene rings is 1. The van der Waals surface area contributed by atoms with Crippen LogP contribution in [0, 0.1) is 5.82 Å². The van der Waals surface area contributed by atoms with E-state index in [-0.39, 0.29) is 40.3 Å². The molecular weight excluding hydrogens is 419 g/mol. The zero-order valence-electron chi connectivity index (χ0n) is 15.1. The first-order valence-corrected chi connectivity index (χ1v) is 10.2. The molecule has 1 aromatic carbocycles. The number of nitrogens with one attached hydrogen (secondary N) is 2. The lowest BCUT2D eigenvalue weighted by molar-refractivity contribution is -0.141. The summed E-state index contributed by atoms with van der Waals surface area (Å²) in [6.07, 6.45) is 5.59. The Hall–Kier alpha value is -2.65. The quantitative estimate of drug-likeness (QED) is 0.624. The van der Waals surface area contributed by atoms with E-state index < -0.39 is 5.82 Å². The molecule has 3 aliphatic carbocycles. The second-order valence-electron chi connectivity index (χ2n) is 7.68. The van der Waals surface area contributed by atoms with Gasteiger partial charge in [-0.1, -0.05) is 11.6 Å². The molecule has 0 saturated heterocycles. The van der Waals surface area contributed by atoms with Crippen molar-refractivity contribution in [2.75, 3.05) is 6.61 Å². The minimum Gasteiger partial charge on any atom is -0.484 e. The number of amides is 2. The van der Waals surface area contributed by atoms with Crippen molar-refractivity contribution in [2.45, 2.75) is 30.3 Å². The van der Waals surface area contributed by atoms with E-state index in [2.05, 4.69) is 15.6 Å². The molecule has 0 radical (unpaired) electrons. The summed E-state index contributed by atoms with van der Waals surface area (Å²) in [4.78, 5) is 29.7. The number of imidazole rings is 1. The molecule has 2 bridgehead atoms. The predicted molar refractivity (Wildman–Crippen MR) is 105 cm³/mol. The third-order valence-electron chi connectivity index (χ3n) is 5.40. The van der Waals surface area contributed by atoms with Crippen LogP contribution < -0.4 is 15.4 Å². The molecule has 2 N–H and O–H groups in total. The average Bonchev–Trinajstić information content (AvgIpc) is 3.21. The van der Waals surface area contributed by atoms with Crippen LogP contribution in [0.25, 0.3) is 4.96 Å². The van der Waals surface area contributed by atoms with E-state index in [4.69, 9.17) is 16.3 Å². The van der Waals surface area contributed by atoms with Crippen molar-refractivity contribution in [3.63, 3.8) is 0 Å². The highest BCUT2D eigenvalue weighted by atomic mass is 35.5. The fourth-order valence-corrected chi connectivity index (χ4v) is 5.06. The number of aromatic nitrogens is 2. The minimum absolute atomic E-state index is 0.00149. The van der Waals surface area contributed by atoms with Crippen molar-refractivity contribution in [1.82, 2.24) is 20.0 Å². The monoisotopic (exact) mass is 434 g/mol. The van der Waals surface area contributed by atoms with Gasteiger partial charge in [0.25, 0.3) is 11.8 Å². The van der Waals surface area contributed by atoms with E-state index in [0.29, 0.717) is 25.0 Å². The van der Waals surface area contributed by atoms with E-state index in [1.54, 1.807) is 6.20 Å². The molecule has 3 aromatic rings. The van der Waals surface area contributed by atoms with Crippen molar-refractivity contribution in [1.29, 1.82) is 0 Å². The molecule has 2 amide bonds. The van der Waals surface area contributed by atoms with Crippen molar-refractivity contribution in [2.24, 2.45) is 0 Å². The Morgan fingerprint density at radius 3 is 2.76 bits per heavy atom. The summed E-state index contributed by atoms with van der Waals surface area (Å²) in [5.74, 6) is -0.842. The predicted octanol–water partition coefficient (Wildman–Crippen LogP) is 2.79. The van der Waals surface area contributed by atoms with E-state index in [1.165, 1.54) is 23.5 Å². The van der Waals surface area contributed by atoms with Crippen molar-refractivity contribution < 1.29 is 18.7 Å². The number of carbonyl (C=O) groups is 2. The van der Waals surface area contributed by atoms with Gasteiger partial charge in [-0.05, 0) is 31.4 Å². The number of ether oxygens (including phenoxy) is 1. The van der Waals surface area contributed by atoms with Crippen LogP contribution in [0.15, 0.2) is 36.0 Å². The van der Waals surface area contributed by atoms with Gasteiger partial charge in [0.05, 0.1) is 5.02 Å². The van der Waals surface area contributed by atoms with Gasteiger partial charge in [0.15, 0.2) is 11.6 Å². The second-order valence-corrected chi connectivity index (χ2v) is 8.96. The Labute approximate surface area is 173 Å². The standard InChI is InChI=1S/C19H16ClFN4O3S/c20-12-2-1-11(5-13(12)21)28-7-15(26)23-18-8-19(9-18,10-18)24-16(27)14-6-25-3-4-29-17(25)22-14/h1-6H,7-10H2,(H,23,26)(H,24,27). The van der Waals surface area contributed by atoms with E-state index >= 15 is 0 Å². The first kappa shape index (κ1) is 18.4. The number of nitrogens with zero attached hydrogens (tertiary/aromatic N) is 2. The molecule has 10 heteroatoms. The summed E-state index contributed by atoms with van der Waals surface area (Å²) in [5, 5.41) is 7.91. The molecule has 7 nitrogen and oxygen atoms in total. The minimum atomic E-state index is -0.598. The number of hydrogen-bond acceptors (Lipinski definition) is 5. The number of carbonyl (C=O) groups excluding carboxylic acids is 2. The average molecular weight is 435 g/mol. The lowest BCUT2D eigenvalue weighted by Gasteiger charge is -2.70. The molecule has 29 heavy (non-hydrogen) atoms. The third-order valence-corrected chi connectivity index (χ3v) is 6.48. The zero-order chi connectivity index (χ0) is 20.2. The van der Waals surface area contributed by atoms with Gasteiger partial charge in [-0.15, -0.1) is 11.3 Å². The topological polar surface area (TPSA) is 84.7 Å². The van der Waals surface area contributed by atoms with Crippen molar-refractivity contribution >= 4 is 39.7 Å². The van der Waals surface area contributed by atoms with Gasteiger partial charge in [-0.2, -0.15) is 0 Å². The molecule has 3 saturated carbocycles. The van der Waals surface area contributed by atoms with Crippen LogP contribution in [0.1, 0.15) is 29.8 Å². The molecule has 150 valence electrons. The van der Waals surface area contributed by atoms with Crippen LogP contribution in [0.4, 0.5) is 4.39 Å². The summed E-state index contributed by atoms with van der Waals surface area (Å²) in [7, 11) is 0.